The van der Waals surface area contributed by atoms with Crippen molar-refractivity contribution in [3.05, 3.63) is 53.1 Å². The second-order valence-corrected chi connectivity index (χ2v) is 18.3. The van der Waals surface area contributed by atoms with Gasteiger partial charge in [-0.05, 0) is 115 Å². The summed E-state index contributed by atoms with van der Waals surface area (Å²) in [5.41, 5.74) is 1.73. The van der Waals surface area contributed by atoms with Gasteiger partial charge in [0.05, 0.1) is 11.5 Å². The number of aliphatic hydroxyl groups excluding tert-OH is 1. The lowest BCUT2D eigenvalue weighted by atomic mass is 9.44. The van der Waals surface area contributed by atoms with Crippen LogP contribution in [0.25, 0.3) is 0 Å². The Labute approximate surface area is 291 Å². The fourth-order valence-corrected chi connectivity index (χ4v) is 12.9. The molecule has 1 unspecified atom stereocenters. The average Bonchev–Trinajstić information content (AvgIpc) is 3.29. The first-order valence-corrected chi connectivity index (χ1v) is 18.8. The van der Waals surface area contributed by atoms with E-state index in [0.29, 0.717) is 43.4 Å². The molecular weight excluding hydrogens is 616 g/mol. The number of carboxylic acid groups (broad SMARTS) is 1. The Morgan fingerprint density at radius 2 is 1.61 bits per heavy atom. The Kier molecular flexibility index (Phi) is 7.95. The standard InChI is InChI=1S/C42H56O7/c1-23-11-14-32-38(4,5)17-10-19-41(32,36(45)46)27(23)21-28-24(2)29(44)15-20-42(28)35-30(49-37(42)47)13-12-26-34(35)31(48-25(3)43)22-33-39(6,7)16-9-18-40(26,33)8/h12-13,27-29,31-33,44H,1-2,9-11,14-22H2,3-8H3,(H,45,46)/t27-,28-,29?,31-,32+,33-,40+,41-,42-/m0/s1. The monoisotopic (exact) mass is 672 g/mol. The zero-order valence-corrected chi connectivity index (χ0v) is 30.5. The number of carboxylic acids is 1. The van der Waals surface area contributed by atoms with Gasteiger partial charge < -0.3 is 19.7 Å². The van der Waals surface area contributed by atoms with Crippen molar-refractivity contribution in [3.8, 4) is 5.75 Å². The molecule has 0 bridgehead atoms. The first kappa shape index (κ1) is 34.5. The summed E-state index contributed by atoms with van der Waals surface area (Å²) in [6.45, 7) is 21.8. The molecule has 7 nitrogen and oxygen atoms in total. The Balaban J connectivity index is 1.43. The molecule has 0 radical (unpaired) electrons. The second kappa shape index (κ2) is 11.3. The topological polar surface area (TPSA) is 110 Å². The highest BCUT2D eigenvalue weighted by atomic mass is 16.5. The molecular formula is C42H56O7. The highest BCUT2D eigenvalue weighted by Gasteiger charge is 2.65. The van der Waals surface area contributed by atoms with Crippen LogP contribution in [0.1, 0.15) is 141 Å². The van der Waals surface area contributed by atoms with Crippen LogP contribution in [-0.4, -0.2) is 34.2 Å². The normalized spacial score (nSPS) is 40.4. The minimum atomic E-state index is -1.19. The number of hydrogen-bond acceptors (Lipinski definition) is 6. The lowest BCUT2D eigenvalue weighted by Crippen LogP contribution is -2.57. The number of ether oxygens (including phenoxy) is 2. The lowest BCUT2D eigenvalue weighted by Gasteiger charge is -2.58. The lowest BCUT2D eigenvalue weighted by molar-refractivity contribution is -0.171. The van der Waals surface area contributed by atoms with Gasteiger partial charge in [-0.3, -0.25) is 14.4 Å². The maximum absolute atomic E-state index is 14.7. The predicted molar refractivity (Wildman–Crippen MR) is 187 cm³/mol. The minimum absolute atomic E-state index is 0.0325. The smallest absolute Gasteiger partial charge is 0.322 e. The number of carbonyl (C=O) groups excluding carboxylic acids is 2. The summed E-state index contributed by atoms with van der Waals surface area (Å²) in [4.78, 5) is 41.1. The number of hydrogen-bond donors (Lipinski definition) is 2. The third-order valence-corrected chi connectivity index (χ3v) is 15.1. The van der Waals surface area contributed by atoms with Crippen molar-refractivity contribution in [2.45, 2.75) is 142 Å². The number of benzene rings is 1. The van der Waals surface area contributed by atoms with E-state index in [0.717, 1.165) is 67.2 Å². The fraction of sp³-hybridized carbons (Fsp3) is 0.690. The fourth-order valence-electron chi connectivity index (χ4n) is 12.9. The molecule has 1 aliphatic heterocycles. The van der Waals surface area contributed by atoms with E-state index in [2.05, 4.69) is 53.8 Å². The van der Waals surface area contributed by atoms with E-state index in [4.69, 9.17) is 9.47 Å². The first-order valence-electron chi connectivity index (χ1n) is 18.8. The molecule has 1 heterocycles. The Morgan fingerprint density at radius 1 is 0.939 bits per heavy atom. The number of aliphatic carboxylic acids is 1. The molecule has 1 spiro atoms. The highest BCUT2D eigenvalue weighted by molar-refractivity contribution is 5.93. The maximum Gasteiger partial charge on any atom is 0.322 e. The number of rotatable bonds is 4. The molecule has 6 aliphatic rings. The van der Waals surface area contributed by atoms with Crippen molar-refractivity contribution in [2.24, 2.45) is 39.9 Å². The summed E-state index contributed by atoms with van der Waals surface area (Å²) in [5, 5.41) is 22.6. The van der Waals surface area contributed by atoms with E-state index >= 15 is 0 Å². The molecule has 266 valence electrons. The van der Waals surface area contributed by atoms with E-state index < -0.39 is 40.8 Å². The molecule has 2 N–H and O–H groups in total. The number of fused-ring (bicyclic) bond motifs is 7. The van der Waals surface area contributed by atoms with Crippen LogP contribution < -0.4 is 4.74 Å². The Bertz CT molecular complexity index is 1630. The van der Waals surface area contributed by atoms with Gasteiger partial charge in [0.1, 0.15) is 17.3 Å². The van der Waals surface area contributed by atoms with Crippen molar-refractivity contribution in [1.29, 1.82) is 0 Å². The van der Waals surface area contributed by atoms with Gasteiger partial charge in [0.15, 0.2) is 0 Å². The molecule has 0 aromatic heterocycles. The largest absolute Gasteiger partial charge is 0.481 e. The molecule has 0 amide bonds. The van der Waals surface area contributed by atoms with Gasteiger partial charge in [-0.2, -0.15) is 0 Å². The van der Waals surface area contributed by atoms with Crippen LogP contribution in [0.5, 0.6) is 5.75 Å². The third-order valence-electron chi connectivity index (χ3n) is 15.1. The Morgan fingerprint density at radius 3 is 2.29 bits per heavy atom. The van der Waals surface area contributed by atoms with Crippen molar-refractivity contribution in [2.75, 3.05) is 0 Å². The maximum atomic E-state index is 14.7. The zero-order valence-electron chi connectivity index (χ0n) is 30.5. The minimum Gasteiger partial charge on any atom is -0.481 e. The van der Waals surface area contributed by atoms with Crippen molar-refractivity contribution in [3.63, 3.8) is 0 Å². The molecule has 4 saturated carbocycles. The molecule has 7 heteroatoms. The van der Waals surface area contributed by atoms with E-state index in [1.165, 1.54) is 6.92 Å². The summed E-state index contributed by atoms with van der Waals surface area (Å²) in [5.74, 6) is -1.78. The summed E-state index contributed by atoms with van der Waals surface area (Å²) in [6.07, 6.45) is 7.36. The van der Waals surface area contributed by atoms with Crippen LogP contribution in [0.3, 0.4) is 0 Å². The molecule has 1 aromatic carbocycles. The first-order chi connectivity index (χ1) is 22.9. The molecule has 7 rings (SSSR count). The second-order valence-electron chi connectivity index (χ2n) is 18.3. The zero-order chi connectivity index (χ0) is 35.5. The van der Waals surface area contributed by atoms with Crippen LogP contribution >= 0.6 is 0 Å². The quantitative estimate of drug-likeness (QED) is 0.187. The SMILES string of the molecule is C=C1CC[C@@H]2C(C)(C)CCC[C@]2(C(=O)O)[C@H]1C[C@H]1C(=C)C(O)CC[C@]12C(=O)Oc1ccc3c(c12)[C@@H](OC(C)=O)C[C@H]1C(C)(C)CCC[C@]31C. The van der Waals surface area contributed by atoms with Crippen LogP contribution in [0.4, 0.5) is 0 Å². The van der Waals surface area contributed by atoms with Gasteiger partial charge in [0, 0.05) is 24.0 Å². The van der Waals surface area contributed by atoms with Gasteiger partial charge >= 0.3 is 17.9 Å². The highest BCUT2D eigenvalue weighted by Crippen LogP contribution is 2.67. The van der Waals surface area contributed by atoms with Gasteiger partial charge in [-0.15, -0.1) is 0 Å². The average molecular weight is 673 g/mol. The molecule has 0 saturated heterocycles. The van der Waals surface area contributed by atoms with Gasteiger partial charge in [-0.1, -0.05) is 72.3 Å². The number of esters is 2. The van der Waals surface area contributed by atoms with Gasteiger partial charge in [0.25, 0.3) is 0 Å². The van der Waals surface area contributed by atoms with Crippen LogP contribution in [0, 0.1) is 39.9 Å². The molecule has 1 aromatic rings. The number of carbonyl (C=O) groups is 3. The molecule has 5 aliphatic carbocycles. The van der Waals surface area contributed by atoms with Crippen molar-refractivity contribution >= 4 is 17.9 Å². The summed E-state index contributed by atoms with van der Waals surface area (Å²) < 4.78 is 12.5. The summed E-state index contributed by atoms with van der Waals surface area (Å²) in [6, 6.07) is 4.03. The molecule has 4 fully saturated rings. The Hall–Kier alpha value is -2.93. The number of aliphatic hydroxyl groups is 1. The summed E-state index contributed by atoms with van der Waals surface area (Å²) in [7, 11) is 0. The summed E-state index contributed by atoms with van der Waals surface area (Å²) >= 11 is 0. The van der Waals surface area contributed by atoms with Gasteiger partial charge in [-0.25, -0.2) is 0 Å². The van der Waals surface area contributed by atoms with E-state index in [-0.39, 0.29) is 40.0 Å². The van der Waals surface area contributed by atoms with Gasteiger partial charge in [0.2, 0.25) is 0 Å². The molecule has 49 heavy (non-hydrogen) atoms. The van der Waals surface area contributed by atoms with Crippen LogP contribution in [-0.2, 0) is 30.0 Å². The molecule has 9 atom stereocenters. The van der Waals surface area contributed by atoms with Crippen LogP contribution in [0.15, 0.2) is 36.4 Å². The van der Waals surface area contributed by atoms with E-state index in [9.17, 15) is 24.6 Å². The van der Waals surface area contributed by atoms with Crippen molar-refractivity contribution in [1.82, 2.24) is 0 Å². The third kappa shape index (κ3) is 4.72. The van der Waals surface area contributed by atoms with E-state index in [1.54, 1.807) is 0 Å². The van der Waals surface area contributed by atoms with Crippen LogP contribution in [0.2, 0.25) is 0 Å². The predicted octanol–water partition coefficient (Wildman–Crippen LogP) is 8.52. The van der Waals surface area contributed by atoms with E-state index in [1.807, 2.05) is 6.07 Å². The van der Waals surface area contributed by atoms with Crippen molar-refractivity contribution < 1.29 is 34.1 Å². The number of allylic oxidation sites excluding steroid dienone is 1.